The fraction of sp³-hybridized carbons (Fsp3) is 0.167. The van der Waals surface area contributed by atoms with Gasteiger partial charge in [-0.25, -0.2) is 9.59 Å². The lowest BCUT2D eigenvalue weighted by atomic mass is 9.97. The third kappa shape index (κ3) is 6.67. The number of esters is 1. The molecule has 3 aromatic carbocycles. The van der Waals surface area contributed by atoms with Gasteiger partial charge in [-0.05, 0) is 23.8 Å². The van der Waals surface area contributed by atoms with E-state index >= 15 is 0 Å². The van der Waals surface area contributed by atoms with Crippen molar-refractivity contribution in [2.45, 2.75) is 12.6 Å². The Balaban J connectivity index is 1.83. The molecule has 0 aliphatic carbocycles. The van der Waals surface area contributed by atoms with E-state index in [9.17, 15) is 9.59 Å². The number of benzene rings is 3. The van der Waals surface area contributed by atoms with Gasteiger partial charge < -0.3 is 14.8 Å². The highest BCUT2D eigenvalue weighted by Crippen LogP contribution is 2.29. The Hall–Kier alpha value is -3.16. The van der Waals surface area contributed by atoms with Crippen LogP contribution in [-0.4, -0.2) is 25.7 Å². The summed E-state index contributed by atoms with van der Waals surface area (Å²) in [5.41, 5.74) is 3.34. The average Bonchev–Trinajstić information content (AvgIpc) is 2.80. The van der Waals surface area contributed by atoms with Crippen LogP contribution in [0.4, 0.5) is 10.5 Å². The number of anilines is 1. The molecule has 0 spiro atoms. The molecule has 1 atom stereocenters. The van der Waals surface area contributed by atoms with Gasteiger partial charge in [-0.2, -0.15) is 0 Å². The summed E-state index contributed by atoms with van der Waals surface area (Å²) in [5, 5.41) is 4.72. The number of halogens is 1. The van der Waals surface area contributed by atoms with Crippen LogP contribution in [0.3, 0.4) is 0 Å². The Bertz CT molecular complexity index is 1010. The van der Waals surface area contributed by atoms with Crippen LogP contribution >= 0.6 is 15.9 Å². The van der Waals surface area contributed by atoms with E-state index in [4.69, 9.17) is 9.47 Å². The van der Waals surface area contributed by atoms with E-state index in [-0.39, 0.29) is 25.2 Å². The normalized spacial score (nSPS) is 11.4. The van der Waals surface area contributed by atoms with E-state index in [2.05, 4.69) is 21.2 Å². The zero-order chi connectivity index (χ0) is 22.1. The van der Waals surface area contributed by atoms with E-state index in [0.29, 0.717) is 5.69 Å². The summed E-state index contributed by atoms with van der Waals surface area (Å²) in [5.74, 6) is -0.326. The van der Waals surface area contributed by atoms with Crippen molar-refractivity contribution in [3.63, 3.8) is 0 Å². The molecule has 0 fully saturated rings. The minimum Gasteiger partial charge on any atom is -0.465 e. The van der Waals surface area contributed by atoms with E-state index in [1.165, 1.54) is 7.11 Å². The molecule has 3 N–H and O–H groups in total. The largest absolute Gasteiger partial charge is 0.465 e. The molecular formula is C24H24BrN2O4+. The van der Waals surface area contributed by atoms with Gasteiger partial charge in [0.05, 0.1) is 12.8 Å². The summed E-state index contributed by atoms with van der Waals surface area (Å²) < 4.78 is 11.0. The average molecular weight is 484 g/mol. The second kappa shape index (κ2) is 11.3. The number of nitrogens with two attached hydrogens (primary N) is 1. The zero-order valence-corrected chi connectivity index (χ0v) is 18.7. The number of quaternary nitrogens is 1. The Kier molecular flexibility index (Phi) is 8.20. The predicted molar refractivity (Wildman–Crippen MR) is 121 cm³/mol. The van der Waals surface area contributed by atoms with Gasteiger partial charge in [0.2, 0.25) is 0 Å². The molecule has 0 saturated heterocycles. The van der Waals surface area contributed by atoms with E-state index in [0.717, 1.165) is 21.2 Å². The SMILES string of the molecule is COC(=O)C[NH2+]C(c1ccccc1)c1cc(Br)ccc1NC(=O)OCc1ccccc1. The Labute approximate surface area is 189 Å². The van der Waals surface area contributed by atoms with Crippen molar-refractivity contribution >= 4 is 33.7 Å². The summed E-state index contributed by atoms with van der Waals surface area (Å²) in [6, 6.07) is 24.6. The summed E-state index contributed by atoms with van der Waals surface area (Å²) in [6.07, 6.45) is -0.549. The molecule has 1 amide bonds. The number of methoxy groups -OCH3 is 1. The van der Waals surface area contributed by atoms with E-state index in [1.807, 2.05) is 84.2 Å². The minimum atomic E-state index is -0.549. The van der Waals surface area contributed by atoms with Gasteiger partial charge >= 0.3 is 12.1 Å². The maximum Gasteiger partial charge on any atom is 0.411 e. The van der Waals surface area contributed by atoms with Gasteiger partial charge in [0.1, 0.15) is 12.6 Å². The molecule has 3 aromatic rings. The summed E-state index contributed by atoms with van der Waals surface area (Å²) >= 11 is 3.51. The van der Waals surface area contributed by atoms with Gasteiger partial charge in [0, 0.05) is 15.6 Å². The van der Waals surface area contributed by atoms with Crippen molar-refractivity contribution in [1.82, 2.24) is 0 Å². The Morgan fingerprint density at radius 3 is 2.35 bits per heavy atom. The topological polar surface area (TPSA) is 81.2 Å². The summed E-state index contributed by atoms with van der Waals surface area (Å²) in [6.45, 7) is 0.315. The Morgan fingerprint density at radius 2 is 1.68 bits per heavy atom. The molecule has 7 heteroatoms. The zero-order valence-electron chi connectivity index (χ0n) is 17.1. The maximum absolute atomic E-state index is 12.5. The molecule has 0 aliphatic heterocycles. The fourth-order valence-electron chi connectivity index (χ4n) is 3.17. The first-order valence-electron chi connectivity index (χ1n) is 9.79. The van der Waals surface area contributed by atoms with Crippen molar-refractivity contribution in [3.05, 3.63) is 100 Å². The van der Waals surface area contributed by atoms with Crippen LogP contribution in [-0.2, 0) is 20.9 Å². The maximum atomic E-state index is 12.5. The van der Waals surface area contributed by atoms with Crippen molar-refractivity contribution < 1.29 is 24.4 Å². The Morgan fingerprint density at radius 1 is 1.00 bits per heavy atom. The quantitative estimate of drug-likeness (QED) is 0.474. The smallest absolute Gasteiger partial charge is 0.411 e. The molecule has 0 bridgehead atoms. The highest BCUT2D eigenvalue weighted by molar-refractivity contribution is 9.10. The van der Waals surface area contributed by atoms with Crippen molar-refractivity contribution in [1.29, 1.82) is 0 Å². The van der Waals surface area contributed by atoms with Gasteiger partial charge in [0.25, 0.3) is 0 Å². The highest BCUT2D eigenvalue weighted by atomic mass is 79.9. The standard InChI is InChI=1S/C24H23BrN2O4/c1-30-22(28)15-26-23(18-10-6-3-7-11-18)20-14-19(25)12-13-21(20)27-24(29)31-16-17-8-4-2-5-9-17/h2-14,23,26H,15-16H2,1H3,(H,27,29)/p+1. The minimum absolute atomic E-state index is 0.139. The van der Waals surface area contributed by atoms with Crippen LogP contribution in [0.5, 0.6) is 0 Å². The van der Waals surface area contributed by atoms with Gasteiger partial charge in [0.15, 0.2) is 6.54 Å². The van der Waals surface area contributed by atoms with Crippen LogP contribution in [0.2, 0.25) is 0 Å². The lowest BCUT2D eigenvalue weighted by Gasteiger charge is -2.20. The number of hydrogen-bond donors (Lipinski definition) is 2. The monoisotopic (exact) mass is 483 g/mol. The second-order valence-corrected chi connectivity index (χ2v) is 7.74. The van der Waals surface area contributed by atoms with Crippen LogP contribution in [0, 0.1) is 0 Å². The lowest BCUT2D eigenvalue weighted by Crippen LogP contribution is -2.87. The molecule has 0 aromatic heterocycles. The predicted octanol–water partition coefficient (Wildman–Crippen LogP) is 4.02. The van der Waals surface area contributed by atoms with Gasteiger partial charge in [-0.15, -0.1) is 0 Å². The summed E-state index contributed by atoms with van der Waals surface area (Å²) in [4.78, 5) is 24.2. The number of carbonyl (C=O) groups is 2. The molecule has 0 saturated carbocycles. The third-order valence-corrected chi connectivity index (χ3v) is 5.20. The van der Waals surface area contributed by atoms with Crippen molar-refractivity contribution in [3.8, 4) is 0 Å². The molecule has 31 heavy (non-hydrogen) atoms. The fourth-order valence-corrected chi connectivity index (χ4v) is 3.55. The van der Waals surface area contributed by atoms with Crippen LogP contribution in [0.15, 0.2) is 83.3 Å². The molecule has 0 aliphatic rings. The molecule has 0 radical (unpaired) electrons. The number of nitrogens with one attached hydrogen (secondary N) is 1. The summed E-state index contributed by atoms with van der Waals surface area (Å²) in [7, 11) is 1.36. The van der Waals surface area contributed by atoms with E-state index in [1.54, 1.807) is 0 Å². The number of hydrogen-bond acceptors (Lipinski definition) is 4. The number of amides is 1. The molecule has 0 heterocycles. The lowest BCUT2D eigenvalue weighted by molar-refractivity contribution is -0.677. The second-order valence-electron chi connectivity index (χ2n) is 6.82. The van der Waals surface area contributed by atoms with E-state index < -0.39 is 6.09 Å². The number of ether oxygens (including phenoxy) is 2. The van der Waals surface area contributed by atoms with Gasteiger partial charge in [-0.3, -0.25) is 5.32 Å². The molecule has 3 rings (SSSR count). The first-order chi connectivity index (χ1) is 15.1. The molecule has 6 nitrogen and oxygen atoms in total. The first kappa shape index (κ1) is 22.5. The number of carbonyl (C=O) groups excluding carboxylic acids is 2. The number of rotatable bonds is 8. The highest BCUT2D eigenvalue weighted by Gasteiger charge is 2.23. The first-order valence-corrected chi connectivity index (χ1v) is 10.6. The third-order valence-electron chi connectivity index (χ3n) is 4.70. The van der Waals surface area contributed by atoms with Crippen LogP contribution in [0.1, 0.15) is 22.7 Å². The molecule has 160 valence electrons. The van der Waals surface area contributed by atoms with Crippen LogP contribution in [0.25, 0.3) is 0 Å². The van der Waals surface area contributed by atoms with Crippen LogP contribution < -0.4 is 10.6 Å². The van der Waals surface area contributed by atoms with Gasteiger partial charge in [-0.1, -0.05) is 76.6 Å². The van der Waals surface area contributed by atoms with Crippen molar-refractivity contribution in [2.24, 2.45) is 0 Å². The van der Waals surface area contributed by atoms with Crippen molar-refractivity contribution in [2.75, 3.05) is 19.0 Å². The molecular weight excluding hydrogens is 460 g/mol. The molecule has 1 unspecified atom stereocenters.